The number of hydrogen-bond acceptors (Lipinski definition) is 6. The van der Waals surface area contributed by atoms with Crippen molar-refractivity contribution in [2.45, 2.75) is 20.3 Å². The summed E-state index contributed by atoms with van der Waals surface area (Å²) in [5, 5.41) is 4.24. The van der Waals surface area contributed by atoms with Crippen LogP contribution in [0.5, 0.6) is 5.88 Å². The Labute approximate surface area is 124 Å². The number of anilines is 1. The van der Waals surface area contributed by atoms with Crippen LogP contribution in [0.1, 0.15) is 18.2 Å². The van der Waals surface area contributed by atoms with Crippen LogP contribution in [0.3, 0.4) is 0 Å². The smallest absolute Gasteiger partial charge is 0.227 e. The van der Waals surface area contributed by atoms with Crippen molar-refractivity contribution in [3.63, 3.8) is 0 Å². The van der Waals surface area contributed by atoms with E-state index in [0.29, 0.717) is 18.4 Å². The van der Waals surface area contributed by atoms with Crippen molar-refractivity contribution < 1.29 is 4.74 Å². The molecule has 5 nitrogen and oxygen atoms in total. The van der Waals surface area contributed by atoms with Gasteiger partial charge in [-0.05, 0) is 33.5 Å². The van der Waals surface area contributed by atoms with Crippen LogP contribution in [0, 0.1) is 6.92 Å². The highest BCUT2D eigenvalue weighted by Gasteiger charge is 2.11. The predicted octanol–water partition coefficient (Wildman–Crippen LogP) is 2.76. The minimum atomic E-state index is 0.626. The number of fused-ring (bicyclic) bond motifs is 1. The number of aromatic nitrogens is 2. The minimum absolute atomic E-state index is 0.626. The van der Waals surface area contributed by atoms with Crippen molar-refractivity contribution in [3.05, 3.63) is 10.9 Å². The first-order valence-corrected chi connectivity index (χ1v) is 7.71. The molecule has 2 aromatic rings. The molecule has 0 atom stereocenters. The predicted molar refractivity (Wildman–Crippen MR) is 85.0 cm³/mol. The molecule has 0 fully saturated rings. The van der Waals surface area contributed by atoms with Crippen LogP contribution in [-0.2, 0) is 0 Å². The van der Waals surface area contributed by atoms with Gasteiger partial charge in [0, 0.05) is 18.0 Å². The highest BCUT2D eigenvalue weighted by atomic mass is 32.1. The molecule has 1 N–H and O–H groups in total. The lowest BCUT2D eigenvalue weighted by atomic mass is 10.3. The Hall–Kier alpha value is -1.40. The first kappa shape index (κ1) is 15.0. The van der Waals surface area contributed by atoms with Crippen molar-refractivity contribution in [1.82, 2.24) is 14.9 Å². The van der Waals surface area contributed by atoms with Crippen LogP contribution in [0.4, 0.5) is 5.95 Å². The highest BCUT2D eigenvalue weighted by molar-refractivity contribution is 7.18. The summed E-state index contributed by atoms with van der Waals surface area (Å²) in [7, 11) is 4.06. The molecule has 0 saturated heterocycles. The van der Waals surface area contributed by atoms with E-state index in [1.165, 1.54) is 4.88 Å². The van der Waals surface area contributed by atoms with Gasteiger partial charge >= 0.3 is 0 Å². The number of thiophene rings is 1. The molecule has 20 heavy (non-hydrogen) atoms. The SMILES string of the molecule is CCCNc1nc(OCCN(C)C)c2cc(C)sc2n1. The summed E-state index contributed by atoms with van der Waals surface area (Å²) >= 11 is 1.67. The van der Waals surface area contributed by atoms with Crippen LogP contribution in [-0.4, -0.2) is 48.7 Å². The van der Waals surface area contributed by atoms with Gasteiger partial charge in [-0.2, -0.15) is 4.98 Å². The summed E-state index contributed by atoms with van der Waals surface area (Å²) < 4.78 is 5.84. The molecular formula is C14H22N4OS. The molecular weight excluding hydrogens is 272 g/mol. The summed E-state index contributed by atoms with van der Waals surface area (Å²) in [5.74, 6) is 1.33. The number of hydrogen-bond donors (Lipinski definition) is 1. The maximum Gasteiger partial charge on any atom is 0.227 e. The van der Waals surface area contributed by atoms with Gasteiger partial charge in [-0.3, -0.25) is 0 Å². The van der Waals surface area contributed by atoms with Crippen molar-refractivity contribution in [2.24, 2.45) is 0 Å². The molecule has 110 valence electrons. The summed E-state index contributed by atoms with van der Waals surface area (Å²) in [6.07, 6.45) is 1.04. The Morgan fingerprint density at radius 2 is 2.15 bits per heavy atom. The maximum absolute atomic E-state index is 5.84. The summed E-state index contributed by atoms with van der Waals surface area (Å²) in [6.45, 7) is 6.56. The van der Waals surface area contributed by atoms with Gasteiger partial charge in [0.1, 0.15) is 11.4 Å². The standard InChI is InChI=1S/C14H22N4OS/c1-5-6-15-14-16-12(19-8-7-18(3)4)11-9-10(2)20-13(11)17-14/h9H,5-8H2,1-4H3,(H,15,16,17). The van der Waals surface area contributed by atoms with Gasteiger partial charge in [-0.15, -0.1) is 11.3 Å². The molecule has 0 aliphatic rings. The molecule has 0 aliphatic carbocycles. The van der Waals surface area contributed by atoms with Gasteiger partial charge in [0.2, 0.25) is 11.8 Å². The molecule has 0 saturated carbocycles. The summed E-state index contributed by atoms with van der Waals surface area (Å²) in [5.41, 5.74) is 0. The second-order valence-electron chi connectivity index (χ2n) is 5.01. The number of nitrogens with zero attached hydrogens (tertiary/aromatic N) is 3. The monoisotopic (exact) mass is 294 g/mol. The molecule has 2 heterocycles. The van der Waals surface area contributed by atoms with Crippen molar-refractivity contribution in [1.29, 1.82) is 0 Å². The van der Waals surface area contributed by atoms with E-state index in [-0.39, 0.29) is 0 Å². The van der Waals surface area contributed by atoms with E-state index in [4.69, 9.17) is 4.74 Å². The molecule has 2 rings (SSSR count). The third-order valence-corrected chi connectivity index (χ3v) is 3.74. The van der Waals surface area contributed by atoms with Crippen LogP contribution in [0.2, 0.25) is 0 Å². The fourth-order valence-corrected chi connectivity index (χ4v) is 2.64. The fraction of sp³-hybridized carbons (Fsp3) is 0.571. The number of rotatable bonds is 7. The van der Waals surface area contributed by atoms with E-state index in [0.717, 1.165) is 29.7 Å². The zero-order chi connectivity index (χ0) is 14.5. The van der Waals surface area contributed by atoms with Gasteiger partial charge in [-0.25, -0.2) is 4.98 Å². The van der Waals surface area contributed by atoms with E-state index in [9.17, 15) is 0 Å². The third-order valence-electron chi connectivity index (χ3n) is 2.79. The topological polar surface area (TPSA) is 50.3 Å². The summed E-state index contributed by atoms with van der Waals surface area (Å²) in [6, 6.07) is 2.09. The normalized spacial score (nSPS) is 11.2. The van der Waals surface area contributed by atoms with Gasteiger partial charge in [0.05, 0.1) is 5.39 Å². The Kier molecular flexibility index (Phi) is 5.14. The van der Waals surface area contributed by atoms with E-state index in [1.807, 2.05) is 14.1 Å². The Morgan fingerprint density at radius 3 is 2.85 bits per heavy atom. The lowest BCUT2D eigenvalue weighted by Gasteiger charge is -2.12. The van der Waals surface area contributed by atoms with Gasteiger partial charge in [-0.1, -0.05) is 6.92 Å². The van der Waals surface area contributed by atoms with Crippen molar-refractivity contribution in [3.8, 4) is 5.88 Å². The lowest BCUT2D eigenvalue weighted by molar-refractivity contribution is 0.256. The molecule has 0 aliphatic heterocycles. The van der Waals surface area contributed by atoms with E-state index < -0.39 is 0 Å². The number of likely N-dealkylation sites (N-methyl/N-ethyl adjacent to an activating group) is 1. The van der Waals surface area contributed by atoms with Crippen LogP contribution in [0.15, 0.2) is 6.07 Å². The molecule has 0 aromatic carbocycles. The average molecular weight is 294 g/mol. The maximum atomic E-state index is 5.84. The molecule has 0 bridgehead atoms. The van der Waals surface area contributed by atoms with E-state index in [1.54, 1.807) is 11.3 Å². The van der Waals surface area contributed by atoms with Crippen molar-refractivity contribution in [2.75, 3.05) is 39.1 Å². The zero-order valence-electron chi connectivity index (χ0n) is 12.6. The van der Waals surface area contributed by atoms with Gasteiger partial charge < -0.3 is 15.0 Å². The third kappa shape index (κ3) is 3.80. The van der Waals surface area contributed by atoms with Gasteiger partial charge in [0.15, 0.2) is 0 Å². The molecule has 6 heteroatoms. The largest absolute Gasteiger partial charge is 0.476 e. The highest BCUT2D eigenvalue weighted by Crippen LogP contribution is 2.30. The second kappa shape index (κ2) is 6.85. The van der Waals surface area contributed by atoms with Crippen LogP contribution < -0.4 is 10.1 Å². The van der Waals surface area contributed by atoms with E-state index >= 15 is 0 Å². The zero-order valence-corrected chi connectivity index (χ0v) is 13.4. The van der Waals surface area contributed by atoms with E-state index in [2.05, 4.69) is 40.1 Å². The number of nitrogens with one attached hydrogen (secondary N) is 1. The average Bonchev–Trinajstić information content (AvgIpc) is 2.76. The van der Waals surface area contributed by atoms with Crippen molar-refractivity contribution >= 4 is 27.5 Å². The summed E-state index contributed by atoms with van der Waals surface area (Å²) in [4.78, 5) is 13.3. The quantitative estimate of drug-likeness (QED) is 0.851. The fourth-order valence-electron chi connectivity index (χ4n) is 1.77. The minimum Gasteiger partial charge on any atom is -0.476 e. The van der Waals surface area contributed by atoms with Crippen LogP contribution >= 0.6 is 11.3 Å². The molecule has 2 aromatic heterocycles. The number of ether oxygens (including phenoxy) is 1. The molecule has 0 spiro atoms. The first-order chi connectivity index (χ1) is 9.60. The second-order valence-corrected chi connectivity index (χ2v) is 6.24. The Bertz CT molecular complexity index is 568. The van der Waals surface area contributed by atoms with Crippen LogP contribution in [0.25, 0.3) is 10.2 Å². The number of aryl methyl sites for hydroxylation is 1. The molecule has 0 unspecified atom stereocenters. The molecule has 0 radical (unpaired) electrons. The molecule has 0 amide bonds. The lowest BCUT2D eigenvalue weighted by Crippen LogP contribution is -2.20. The van der Waals surface area contributed by atoms with Gasteiger partial charge in [0.25, 0.3) is 0 Å². The Balaban J connectivity index is 2.23. The Morgan fingerprint density at radius 1 is 1.35 bits per heavy atom. The first-order valence-electron chi connectivity index (χ1n) is 6.89.